The molecule has 4 aromatic rings. The van der Waals surface area contributed by atoms with Gasteiger partial charge in [-0.25, -0.2) is 14.8 Å². The number of aryl methyl sites for hydroxylation is 3. The second-order valence-electron chi connectivity index (χ2n) is 10.3. The van der Waals surface area contributed by atoms with Gasteiger partial charge < -0.3 is 18.6 Å². The first-order chi connectivity index (χ1) is 17.9. The van der Waals surface area contributed by atoms with Crippen LogP contribution in [-0.2, 0) is 4.74 Å². The van der Waals surface area contributed by atoms with Gasteiger partial charge in [-0.2, -0.15) is 0 Å². The van der Waals surface area contributed by atoms with Gasteiger partial charge >= 0.3 is 5.97 Å². The maximum absolute atomic E-state index is 12.3. The largest absolute Gasteiger partial charge is 0.477 e. The normalized spacial score (nSPS) is 15.5. The number of aromatic nitrogens is 4. The average Bonchev–Trinajstić information content (AvgIpc) is 3.82. The number of esters is 1. The van der Waals surface area contributed by atoms with Crippen molar-refractivity contribution >= 4 is 17.0 Å². The van der Waals surface area contributed by atoms with E-state index in [0.29, 0.717) is 30.4 Å². The van der Waals surface area contributed by atoms with Gasteiger partial charge in [-0.1, -0.05) is 5.16 Å². The highest BCUT2D eigenvalue weighted by Gasteiger charge is 2.43. The van der Waals surface area contributed by atoms with Crippen LogP contribution < -0.4 is 4.74 Å². The zero-order valence-corrected chi connectivity index (χ0v) is 22.0. The number of rotatable bonds is 8. The van der Waals surface area contributed by atoms with Crippen molar-refractivity contribution in [1.29, 1.82) is 0 Å². The van der Waals surface area contributed by atoms with Crippen molar-refractivity contribution in [1.82, 2.24) is 19.7 Å². The van der Waals surface area contributed by atoms with Crippen LogP contribution in [0.5, 0.6) is 5.88 Å². The standard InChI is InChI=1S/C29H32N4O4/c1-6-36-28-24(15(2)11-23(31-28)29(34)35-5)22-14-33(26(18-7-8-18)19-9-10-19)27-21(22)12-20(13-30-27)25-16(3)32-37-17(25)4/h11-14,18-19,26H,6-10H2,1-5H3. The summed E-state index contributed by atoms with van der Waals surface area (Å²) in [4.78, 5) is 21.9. The summed E-state index contributed by atoms with van der Waals surface area (Å²) in [5, 5.41) is 5.18. The molecule has 6 rings (SSSR count). The van der Waals surface area contributed by atoms with Gasteiger partial charge in [0.15, 0.2) is 5.69 Å². The van der Waals surface area contributed by atoms with Crippen LogP contribution in [0.4, 0.5) is 0 Å². The molecule has 2 fully saturated rings. The van der Waals surface area contributed by atoms with Crippen molar-refractivity contribution in [3.8, 4) is 28.1 Å². The fourth-order valence-corrected chi connectivity index (χ4v) is 5.73. The summed E-state index contributed by atoms with van der Waals surface area (Å²) in [6, 6.07) is 4.41. The minimum Gasteiger partial charge on any atom is -0.477 e. The molecule has 192 valence electrons. The van der Waals surface area contributed by atoms with Crippen LogP contribution in [-0.4, -0.2) is 39.4 Å². The van der Waals surface area contributed by atoms with E-state index in [0.717, 1.165) is 50.3 Å². The number of pyridine rings is 2. The molecule has 0 unspecified atom stereocenters. The van der Waals surface area contributed by atoms with Crippen molar-refractivity contribution in [2.75, 3.05) is 13.7 Å². The fraction of sp³-hybridized carbons (Fsp3) is 0.448. The second-order valence-corrected chi connectivity index (χ2v) is 10.3. The lowest BCUT2D eigenvalue weighted by atomic mass is 9.99. The minimum atomic E-state index is -0.483. The molecule has 2 aliphatic carbocycles. The van der Waals surface area contributed by atoms with E-state index in [-0.39, 0.29) is 5.69 Å². The van der Waals surface area contributed by atoms with E-state index in [2.05, 4.69) is 27.0 Å². The second kappa shape index (κ2) is 9.01. The number of carbonyl (C=O) groups is 1. The molecule has 8 heteroatoms. The number of carbonyl (C=O) groups excluding carboxylic acids is 1. The Bertz CT molecular complexity index is 1480. The van der Waals surface area contributed by atoms with E-state index in [1.807, 2.05) is 33.9 Å². The Morgan fingerprint density at radius 1 is 1.14 bits per heavy atom. The zero-order valence-electron chi connectivity index (χ0n) is 22.0. The van der Waals surface area contributed by atoms with Crippen molar-refractivity contribution in [2.24, 2.45) is 11.8 Å². The van der Waals surface area contributed by atoms with Crippen LogP contribution in [0.15, 0.2) is 29.0 Å². The Labute approximate surface area is 216 Å². The summed E-state index contributed by atoms with van der Waals surface area (Å²) in [6.45, 7) is 8.21. The maximum Gasteiger partial charge on any atom is 0.356 e. The van der Waals surface area contributed by atoms with Crippen molar-refractivity contribution in [3.63, 3.8) is 0 Å². The molecule has 0 amide bonds. The molecule has 0 spiro atoms. The molecule has 0 N–H and O–H groups in total. The summed E-state index contributed by atoms with van der Waals surface area (Å²) in [6.07, 6.45) is 9.25. The number of hydrogen-bond acceptors (Lipinski definition) is 7. The first kappa shape index (κ1) is 23.7. The van der Waals surface area contributed by atoms with E-state index >= 15 is 0 Å². The monoisotopic (exact) mass is 500 g/mol. The van der Waals surface area contributed by atoms with Crippen LogP contribution in [0, 0.1) is 32.6 Å². The summed E-state index contributed by atoms with van der Waals surface area (Å²) in [7, 11) is 1.36. The van der Waals surface area contributed by atoms with Crippen molar-refractivity contribution in [2.45, 2.75) is 59.4 Å². The van der Waals surface area contributed by atoms with Crippen LogP contribution >= 0.6 is 0 Å². The molecular formula is C29H32N4O4. The third-order valence-electron chi connectivity index (χ3n) is 7.65. The third kappa shape index (κ3) is 4.08. The van der Waals surface area contributed by atoms with Gasteiger partial charge in [0.25, 0.3) is 0 Å². The lowest BCUT2D eigenvalue weighted by Gasteiger charge is -2.19. The predicted octanol–water partition coefficient (Wildman–Crippen LogP) is 6.22. The van der Waals surface area contributed by atoms with Gasteiger partial charge in [-0.05, 0) is 82.9 Å². The molecule has 8 nitrogen and oxygen atoms in total. The molecule has 0 atom stereocenters. The first-order valence-corrected chi connectivity index (χ1v) is 13.1. The summed E-state index contributed by atoms with van der Waals surface area (Å²) in [5.74, 6) is 2.12. The van der Waals surface area contributed by atoms with E-state index in [4.69, 9.17) is 19.0 Å². The van der Waals surface area contributed by atoms with Crippen LogP contribution in [0.3, 0.4) is 0 Å². The quantitative estimate of drug-likeness (QED) is 0.265. The highest BCUT2D eigenvalue weighted by Crippen LogP contribution is 2.54. The SMILES string of the molecule is CCOc1nc(C(=O)OC)cc(C)c1-c1cn(C(C2CC2)C2CC2)c2ncc(-c3c(C)noc3C)cc12. The minimum absolute atomic E-state index is 0.235. The van der Waals surface area contributed by atoms with Gasteiger partial charge in [0.2, 0.25) is 5.88 Å². The van der Waals surface area contributed by atoms with Crippen molar-refractivity contribution < 1.29 is 18.8 Å². The summed E-state index contributed by atoms with van der Waals surface area (Å²) < 4.78 is 18.8. The topological polar surface area (TPSA) is 92.3 Å². The van der Waals surface area contributed by atoms with Gasteiger partial charge in [0, 0.05) is 46.1 Å². The Hall–Kier alpha value is -3.68. The number of nitrogens with zero attached hydrogens (tertiary/aromatic N) is 4. The zero-order chi connectivity index (χ0) is 25.8. The molecule has 4 heterocycles. The molecular weight excluding hydrogens is 468 g/mol. The summed E-state index contributed by atoms with van der Waals surface area (Å²) >= 11 is 0. The fourth-order valence-electron chi connectivity index (χ4n) is 5.73. The van der Waals surface area contributed by atoms with E-state index in [1.54, 1.807) is 6.07 Å². The molecule has 0 aliphatic heterocycles. The molecule has 0 radical (unpaired) electrons. The Balaban J connectivity index is 1.61. The highest BCUT2D eigenvalue weighted by atomic mass is 16.5. The van der Waals surface area contributed by atoms with Crippen molar-refractivity contribution in [3.05, 3.63) is 47.2 Å². The molecule has 37 heavy (non-hydrogen) atoms. The maximum atomic E-state index is 12.3. The smallest absolute Gasteiger partial charge is 0.356 e. The molecule has 0 aromatic carbocycles. The van der Waals surface area contributed by atoms with E-state index in [9.17, 15) is 4.79 Å². The number of methoxy groups -OCH3 is 1. The van der Waals surface area contributed by atoms with Crippen LogP contribution in [0.1, 0.15) is 66.2 Å². The molecule has 2 saturated carbocycles. The van der Waals surface area contributed by atoms with Gasteiger partial charge in [0.05, 0.1) is 19.4 Å². The first-order valence-electron chi connectivity index (χ1n) is 13.1. The average molecular weight is 501 g/mol. The van der Waals surface area contributed by atoms with Gasteiger partial charge in [-0.15, -0.1) is 0 Å². The third-order valence-corrected chi connectivity index (χ3v) is 7.65. The molecule has 4 aromatic heterocycles. The lowest BCUT2D eigenvalue weighted by Crippen LogP contribution is -2.13. The number of fused-ring (bicyclic) bond motifs is 1. The Morgan fingerprint density at radius 2 is 1.86 bits per heavy atom. The molecule has 2 aliphatic rings. The van der Waals surface area contributed by atoms with E-state index < -0.39 is 5.97 Å². The predicted molar refractivity (Wildman–Crippen MR) is 140 cm³/mol. The van der Waals surface area contributed by atoms with Crippen LogP contribution in [0.25, 0.3) is 33.3 Å². The van der Waals surface area contributed by atoms with Gasteiger partial charge in [-0.3, -0.25) is 0 Å². The molecule has 0 saturated heterocycles. The Morgan fingerprint density at radius 3 is 2.46 bits per heavy atom. The molecule has 0 bridgehead atoms. The number of hydrogen-bond donors (Lipinski definition) is 0. The Kier molecular flexibility index (Phi) is 5.77. The summed E-state index contributed by atoms with van der Waals surface area (Å²) in [5.41, 5.74) is 6.75. The number of ether oxygens (including phenoxy) is 2. The van der Waals surface area contributed by atoms with Gasteiger partial charge in [0.1, 0.15) is 11.4 Å². The highest BCUT2D eigenvalue weighted by molar-refractivity contribution is 5.99. The van der Waals surface area contributed by atoms with E-state index in [1.165, 1.54) is 32.8 Å². The lowest BCUT2D eigenvalue weighted by molar-refractivity contribution is 0.0592. The van der Waals surface area contributed by atoms with Crippen LogP contribution in [0.2, 0.25) is 0 Å².